The first-order chi connectivity index (χ1) is 12.2. The molecule has 6 nitrogen and oxygen atoms in total. The van der Waals surface area contributed by atoms with E-state index in [0.29, 0.717) is 17.9 Å². The van der Waals surface area contributed by atoms with Gasteiger partial charge in [0.2, 0.25) is 5.91 Å². The predicted molar refractivity (Wildman–Crippen MR) is 96.7 cm³/mol. The molecule has 1 aromatic heterocycles. The molecule has 0 saturated carbocycles. The number of nitrogens with two attached hydrogens (primary N) is 1. The van der Waals surface area contributed by atoms with Crippen molar-refractivity contribution in [2.45, 2.75) is 19.5 Å². The molecule has 25 heavy (non-hydrogen) atoms. The van der Waals surface area contributed by atoms with Crippen LogP contribution in [0.3, 0.4) is 0 Å². The number of nitrogens with zero attached hydrogens (tertiary/aromatic N) is 2. The Morgan fingerprint density at radius 2 is 1.84 bits per heavy atom. The first-order valence-corrected chi connectivity index (χ1v) is 8.54. The number of anilines is 1. The molecule has 1 saturated heterocycles. The van der Waals surface area contributed by atoms with E-state index >= 15 is 0 Å². The number of pyridine rings is 1. The summed E-state index contributed by atoms with van der Waals surface area (Å²) in [4.78, 5) is 18.5. The maximum atomic E-state index is 12.0. The van der Waals surface area contributed by atoms with Gasteiger partial charge in [-0.1, -0.05) is 24.3 Å². The second kappa shape index (κ2) is 8.60. The van der Waals surface area contributed by atoms with Gasteiger partial charge in [-0.25, -0.2) is 0 Å². The summed E-state index contributed by atoms with van der Waals surface area (Å²) in [6.45, 7) is 5.05. The van der Waals surface area contributed by atoms with Gasteiger partial charge in [0.15, 0.2) is 0 Å². The number of hydrogen-bond acceptors (Lipinski definition) is 5. The van der Waals surface area contributed by atoms with Crippen molar-refractivity contribution in [3.8, 4) is 0 Å². The quantitative estimate of drug-likeness (QED) is 0.830. The predicted octanol–water partition coefficient (Wildman–Crippen LogP) is 1.35. The fraction of sp³-hybridized carbons (Fsp3) is 0.368. The molecule has 132 valence electrons. The van der Waals surface area contributed by atoms with Gasteiger partial charge in [-0.2, -0.15) is 0 Å². The molecule has 0 bridgehead atoms. The first-order valence-electron chi connectivity index (χ1n) is 8.54. The Morgan fingerprint density at radius 1 is 1.12 bits per heavy atom. The van der Waals surface area contributed by atoms with Crippen molar-refractivity contribution in [3.05, 3.63) is 59.4 Å². The molecule has 3 N–H and O–H groups in total. The van der Waals surface area contributed by atoms with E-state index in [4.69, 9.17) is 10.5 Å². The lowest BCUT2D eigenvalue weighted by Crippen LogP contribution is -2.35. The smallest absolute Gasteiger partial charge is 0.226 e. The summed E-state index contributed by atoms with van der Waals surface area (Å²) >= 11 is 0. The molecule has 0 aliphatic carbocycles. The monoisotopic (exact) mass is 340 g/mol. The molecule has 1 aromatic carbocycles. The molecular weight excluding hydrogens is 316 g/mol. The van der Waals surface area contributed by atoms with E-state index in [9.17, 15) is 4.79 Å². The molecule has 2 heterocycles. The fourth-order valence-corrected chi connectivity index (χ4v) is 2.75. The lowest BCUT2D eigenvalue weighted by Gasteiger charge is -2.26. The summed E-state index contributed by atoms with van der Waals surface area (Å²) in [5.41, 5.74) is 9.27. The molecule has 1 fully saturated rings. The molecule has 0 unspecified atom stereocenters. The molecule has 1 amide bonds. The van der Waals surface area contributed by atoms with Crippen LogP contribution in [-0.2, 0) is 29.0 Å². The van der Waals surface area contributed by atoms with Crippen molar-refractivity contribution in [2.24, 2.45) is 0 Å². The SMILES string of the molecule is Nc1ccc(CC(=O)NCc2ccc(CN3CCOCC3)cc2)nc1. The van der Waals surface area contributed by atoms with Gasteiger partial charge in [-0.05, 0) is 23.3 Å². The van der Waals surface area contributed by atoms with E-state index < -0.39 is 0 Å². The Bertz CT molecular complexity index is 680. The number of rotatable bonds is 6. The Morgan fingerprint density at radius 3 is 2.52 bits per heavy atom. The molecule has 3 rings (SSSR count). The Hall–Kier alpha value is -2.44. The molecule has 6 heteroatoms. The summed E-state index contributed by atoms with van der Waals surface area (Å²) in [5, 5.41) is 2.93. The summed E-state index contributed by atoms with van der Waals surface area (Å²) < 4.78 is 5.37. The van der Waals surface area contributed by atoms with Crippen LogP contribution in [0, 0.1) is 0 Å². The Labute approximate surface area is 148 Å². The number of carbonyl (C=O) groups excluding carboxylic acids is 1. The van der Waals surface area contributed by atoms with Crippen LogP contribution < -0.4 is 11.1 Å². The number of carbonyl (C=O) groups is 1. The summed E-state index contributed by atoms with van der Waals surface area (Å²) in [5.74, 6) is -0.0466. The van der Waals surface area contributed by atoms with E-state index in [1.807, 2.05) is 0 Å². The third-order valence-electron chi connectivity index (χ3n) is 4.21. The molecule has 0 radical (unpaired) electrons. The van der Waals surface area contributed by atoms with E-state index in [2.05, 4.69) is 39.5 Å². The molecule has 0 spiro atoms. The molecular formula is C19H24N4O2. The zero-order valence-corrected chi connectivity index (χ0v) is 14.3. The molecule has 1 aliphatic rings. The highest BCUT2D eigenvalue weighted by Gasteiger charge is 2.10. The van der Waals surface area contributed by atoms with Crippen molar-refractivity contribution in [2.75, 3.05) is 32.0 Å². The van der Waals surface area contributed by atoms with Gasteiger partial charge in [-0.3, -0.25) is 14.7 Å². The van der Waals surface area contributed by atoms with Gasteiger partial charge in [0.25, 0.3) is 0 Å². The summed E-state index contributed by atoms with van der Waals surface area (Å²) in [6, 6.07) is 11.9. The first kappa shape index (κ1) is 17.4. The zero-order valence-electron chi connectivity index (χ0n) is 14.3. The second-order valence-corrected chi connectivity index (χ2v) is 6.24. The van der Waals surface area contributed by atoms with E-state index in [1.165, 1.54) is 5.56 Å². The van der Waals surface area contributed by atoms with Crippen molar-refractivity contribution in [1.29, 1.82) is 0 Å². The average Bonchev–Trinajstić information content (AvgIpc) is 2.64. The van der Waals surface area contributed by atoms with E-state index in [-0.39, 0.29) is 12.3 Å². The topological polar surface area (TPSA) is 80.5 Å². The minimum atomic E-state index is -0.0466. The third kappa shape index (κ3) is 5.55. The normalized spacial score (nSPS) is 15.0. The third-order valence-corrected chi connectivity index (χ3v) is 4.21. The zero-order chi connectivity index (χ0) is 17.5. The lowest BCUT2D eigenvalue weighted by atomic mass is 10.1. The van der Waals surface area contributed by atoms with E-state index in [1.54, 1.807) is 18.3 Å². The number of nitrogen functional groups attached to an aromatic ring is 1. The number of amides is 1. The van der Waals surface area contributed by atoms with Gasteiger partial charge in [-0.15, -0.1) is 0 Å². The highest BCUT2D eigenvalue weighted by atomic mass is 16.5. The van der Waals surface area contributed by atoms with Crippen molar-refractivity contribution in [3.63, 3.8) is 0 Å². The van der Waals surface area contributed by atoms with Gasteiger partial charge in [0, 0.05) is 31.9 Å². The Balaban J connectivity index is 1.44. The van der Waals surface area contributed by atoms with Crippen LogP contribution in [0.1, 0.15) is 16.8 Å². The van der Waals surface area contributed by atoms with Gasteiger partial charge >= 0.3 is 0 Å². The van der Waals surface area contributed by atoms with Crippen LogP contribution in [0.25, 0.3) is 0 Å². The minimum Gasteiger partial charge on any atom is -0.397 e. The van der Waals surface area contributed by atoms with Crippen LogP contribution in [0.15, 0.2) is 42.6 Å². The fourth-order valence-electron chi connectivity index (χ4n) is 2.75. The van der Waals surface area contributed by atoms with Crippen LogP contribution in [0.2, 0.25) is 0 Å². The number of morpholine rings is 1. The maximum Gasteiger partial charge on any atom is 0.226 e. The number of aromatic nitrogens is 1. The van der Waals surface area contributed by atoms with E-state index in [0.717, 1.165) is 38.4 Å². The average molecular weight is 340 g/mol. The minimum absolute atomic E-state index is 0.0466. The second-order valence-electron chi connectivity index (χ2n) is 6.24. The standard InChI is InChI=1S/C19H24N4O2/c20-17-5-6-18(21-13-17)11-19(24)22-12-15-1-3-16(4-2-15)14-23-7-9-25-10-8-23/h1-6,13H,7-12,14,20H2,(H,22,24). The number of hydrogen-bond donors (Lipinski definition) is 2. The Kier molecular flexibility index (Phi) is 5.98. The van der Waals surface area contributed by atoms with Crippen molar-refractivity contribution in [1.82, 2.24) is 15.2 Å². The highest BCUT2D eigenvalue weighted by Crippen LogP contribution is 2.09. The summed E-state index contributed by atoms with van der Waals surface area (Å²) in [7, 11) is 0. The number of nitrogens with one attached hydrogen (secondary N) is 1. The number of benzene rings is 1. The lowest BCUT2D eigenvalue weighted by molar-refractivity contribution is -0.120. The molecule has 1 aliphatic heterocycles. The summed E-state index contributed by atoms with van der Waals surface area (Å²) in [6.07, 6.45) is 1.82. The van der Waals surface area contributed by atoms with Gasteiger partial charge in [0.05, 0.1) is 31.5 Å². The van der Waals surface area contributed by atoms with Crippen LogP contribution in [0.5, 0.6) is 0 Å². The largest absolute Gasteiger partial charge is 0.397 e. The van der Waals surface area contributed by atoms with Gasteiger partial charge < -0.3 is 15.8 Å². The highest BCUT2D eigenvalue weighted by molar-refractivity contribution is 5.78. The molecule has 0 atom stereocenters. The van der Waals surface area contributed by atoms with Gasteiger partial charge in [0.1, 0.15) is 0 Å². The molecule has 2 aromatic rings. The van der Waals surface area contributed by atoms with Crippen LogP contribution in [-0.4, -0.2) is 42.1 Å². The van der Waals surface area contributed by atoms with Crippen molar-refractivity contribution < 1.29 is 9.53 Å². The van der Waals surface area contributed by atoms with Crippen molar-refractivity contribution >= 4 is 11.6 Å². The van der Waals surface area contributed by atoms with Crippen LogP contribution in [0.4, 0.5) is 5.69 Å². The maximum absolute atomic E-state index is 12.0. The number of ether oxygens (including phenoxy) is 1. The van der Waals surface area contributed by atoms with Crippen LogP contribution >= 0.6 is 0 Å².